The van der Waals surface area contributed by atoms with Gasteiger partial charge in [-0.15, -0.1) is 0 Å². The van der Waals surface area contributed by atoms with Gasteiger partial charge in [-0.3, -0.25) is 0 Å². The van der Waals surface area contributed by atoms with Crippen LogP contribution in [0.15, 0.2) is 18.2 Å². The molecule has 0 amide bonds. The first kappa shape index (κ1) is 7.40. The fraction of sp³-hybridized carbons (Fsp3) is 0. The lowest BCUT2D eigenvalue weighted by molar-refractivity contribution is -0.267. The van der Waals surface area contributed by atoms with Crippen molar-refractivity contribution in [1.82, 2.24) is 0 Å². The van der Waals surface area contributed by atoms with Crippen LogP contribution in [0.2, 0.25) is 0 Å². The predicted octanol–water partition coefficient (Wildman–Crippen LogP) is 0.0406. The van der Waals surface area contributed by atoms with Gasteiger partial charge in [-0.2, -0.15) is 0 Å². The molecule has 3 N–H and O–H groups in total. The third-order valence-corrected chi connectivity index (χ3v) is 1.30. The van der Waals surface area contributed by atoms with Crippen LogP contribution in [0.1, 0.15) is 10.4 Å². The molecule has 4 nitrogen and oxygen atoms in total. The van der Waals surface area contributed by atoms with Gasteiger partial charge < -0.3 is 15.9 Å². The predicted molar refractivity (Wildman–Crippen MR) is 37.3 cm³/mol. The van der Waals surface area contributed by atoms with Gasteiger partial charge in [0.1, 0.15) is 0 Å². The topological polar surface area (TPSA) is 86.4 Å². The minimum Gasteiger partial charge on any atom is -0.871 e. The van der Waals surface area contributed by atoms with Gasteiger partial charge in [0, 0.05) is 5.69 Å². The lowest BCUT2D eigenvalue weighted by Crippen LogP contribution is -2.05. The Balaban J connectivity index is 3.27. The Labute approximate surface area is 62.9 Å². The van der Waals surface area contributed by atoms with Gasteiger partial charge in [-0.1, -0.05) is 17.9 Å². The van der Waals surface area contributed by atoms with E-state index in [1.165, 1.54) is 18.2 Å². The van der Waals surface area contributed by atoms with E-state index in [1.54, 1.807) is 0 Å². The van der Waals surface area contributed by atoms with Gasteiger partial charge in [0.15, 0.2) is 0 Å². The summed E-state index contributed by atoms with van der Waals surface area (Å²) in [5.74, 6) is -1.63. The number of carbonyl (C=O) groups is 1. The van der Waals surface area contributed by atoms with E-state index in [2.05, 4.69) is 0 Å². The number of hydrogen-bond donors (Lipinski definition) is 2. The lowest BCUT2D eigenvalue weighted by Gasteiger charge is -2.10. The first-order chi connectivity index (χ1) is 5.13. The van der Waals surface area contributed by atoms with Crippen LogP contribution in [-0.4, -0.2) is 11.1 Å². The molecular weight excluding hydrogens is 146 g/mol. The number of nitrogens with two attached hydrogens (primary N) is 1. The van der Waals surface area contributed by atoms with Crippen molar-refractivity contribution in [3.05, 3.63) is 23.8 Å². The highest BCUT2D eigenvalue weighted by molar-refractivity contribution is 5.94. The van der Waals surface area contributed by atoms with E-state index in [0.717, 1.165) is 0 Å². The third-order valence-electron chi connectivity index (χ3n) is 1.30. The van der Waals surface area contributed by atoms with E-state index in [-0.39, 0.29) is 11.3 Å². The van der Waals surface area contributed by atoms with E-state index in [1.807, 2.05) is 0 Å². The standard InChI is InChI=1S/C7H7NO3/c8-6-4(7(10)11)2-1-3-5(6)9/h1-3,9H,8H2,(H,10,11)/p-1. The second-order valence-corrected chi connectivity index (χ2v) is 2.02. The van der Waals surface area contributed by atoms with Gasteiger partial charge in [0.05, 0.1) is 5.56 Å². The summed E-state index contributed by atoms with van der Waals surface area (Å²) in [6, 6.07) is 3.88. The van der Waals surface area contributed by atoms with Crippen LogP contribution in [0.3, 0.4) is 0 Å². The molecule has 0 fully saturated rings. The van der Waals surface area contributed by atoms with Gasteiger partial charge in [0.2, 0.25) is 0 Å². The fourth-order valence-electron chi connectivity index (χ4n) is 0.731. The molecule has 58 valence electrons. The Bertz CT molecular complexity index is 296. The molecule has 0 saturated carbocycles. The molecule has 11 heavy (non-hydrogen) atoms. The molecule has 4 heteroatoms. The third kappa shape index (κ3) is 1.24. The lowest BCUT2D eigenvalue weighted by atomic mass is 10.2. The smallest absolute Gasteiger partial charge is 0.337 e. The van der Waals surface area contributed by atoms with Crippen molar-refractivity contribution < 1.29 is 15.0 Å². The van der Waals surface area contributed by atoms with Crippen molar-refractivity contribution in [1.29, 1.82) is 0 Å². The van der Waals surface area contributed by atoms with Crippen LogP contribution < -0.4 is 10.8 Å². The molecule has 0 aromatic heterocycles. The Morgan fingerprint density at radius 2 is 2.18 bits per heavy atom. The van der Waals surface area contributed by atoms with Crippen LogP contribution in [-0.2, 0) is 0 Å². The molecule has 0 heterocycles. The number of nitrogen functional groups attached to an aromatic ring is 1. The van der Waals surface area contributed by atoms with Gasteiger partial charge in [0.25, 0.3) is 0 Å². The Morgan fingerprint density at radius 3 is 2.64 bits per heavy atom. The molecule has 0 spiro atoms. The number of benzene rings is 1. The van der Waals surface area contributed by atoms with Crippen LogP contribution in [0, 0.1) is 0 Å². The number of carboxylic acid groups (broad SMARTS) is 1. The first-order valence-corrected chi connectivity index (χ1v) is 2.91. The maximum atomic E-state index is 10.8. The average molecular weight is 152 g/mol. The van der Waals surface area contributed by atoms with Crippen molar-refractivity contribution >= 4 is 11.7 Å². The molecule has 1 rings (SSSR count). The zero-order valence-electron chi connectivity index (χ0n) is 5.57. The van der Waals surface area contributed by atoms with Crippen LogP contribution in [0.5, 0.6) is 5.75 Å². The molecular formula is C7H6NO3-. The number of para-hydroxylation sites is 1. The van der Waals surface area contributed by atoms with Gasteiger partial charge >= 0.3 is 5.97 Å². The van der Waals surface area contributed by atoms with E-state index in [4.69, 9.17) is 10.8 Å². The maximum Gasteiger partial charge on any atom is 0.337 e. The molecule has 0 saturated heterocycles. The minimum absolute atomic E-state index is 0.141. The summed E-state index contributed by atoms with van der Waals surface area (Å²) >= 11 is 0. The second kappa shape index (κ2) is 2.49. The maximum absolute atomic E-state index is 10.8. The average Bonchev–Trinajstić information content (AvgIpc) is 1.94. The van der Waals surface area contributed by atoms with Crippen molar-refractivity contribution in [3.63, 3.8) is 0 Å². The quantitative estimate of drug-likeness (QED) is 0.556. The van der Waals surface area contributed by atoms with Gasteiger partial charge in [-0.05, 0) is 6.07 Å². The number of hydrogen-bond acceptors (Lipinski definition) is 3. The Kier molecular flexibility index (Phi) is 1.68. The molecule has 0 bridgehead atoms. The molecule has 0 aliphatic rings. The van der Waals surface area contributed by atoms with Crippen molar-refractivity contribution in [3.8, 4) is 5.75 Å². The van der Waals surface area contributed by atoms with Crippen LogP contribution in [0.25, 0.3) is 0 Å². The van der Waals surface area contributed by atoms with Crippen molar-refractivity contribution in [2.75, 3.05) is 5.73 Å². The largest absolute Gasteiger partial charge is 0.871 e. The van der Waals surface area contributed by atoms with Crippen molar-refractivity contribution in [2.45, 2.75) is 0 Å². The van der Waals surface area contributed by atoms with Gasteiger partial charge in [-0.25, -0.2) is 4.79 Å². The summed E-state index contributed by atoms with van der Waals surface area (Å²) < 4.78 is 0. The summed E-state index contributed by atoms with van der Waals surface area (Å²) in [5.41, 5.74) is 4.84. The van der Waals surface area contributed by atoms with E-state index < -0.39 is 11.7 Å². The zero-order valence-corrected chi connectivity index (χ0v) is 5.57. The highest BCUT2D eigenvalue weighted by Gasteiger charge is 2.05. The fourth-order valence-corrected chi connectivity index (χ4v) is 0.731. The van der Waals surface area contributed by atoms with Crippen molar-refractivity contribution in [2.24, 2.45) is 0 Å². The van der Waals surface area contributed by atoms with E-state index >= 15 is 0 Å². The summed E-state index contributed by atoms with van der Waals surface area (Å²) in [5, 5.41) is 19.2. The molecule has 0 atom stereocenters. The molecule has 0 aliphatic heterocycles. The Hall–Kier alpha value is -1.71. The minimum atomic E-state index is -1.18. The Morgan fingerprint density at radius 1 is 1.55 bits per heavy atom. The van der Waals surface area contributed by atoms with E-state index in [9.17, 15) is 9.90 Å². The normalized spacial score (nSPS) is 9.45. The monoisotopic (exact) mass is 152 g/mol. The zero-order chi connectivity index (χ0) is 8.43. The highest BCUT2D eigenvalue weighted by Crippen LogP contribution is 2.20. The summed E-state index contributed by atoms with van der Waals surface area (Å²) in [6.07, 6.45) is 0. The number of rotatable bonds is 1. The van der Waals surface area contributed by atoms with Crippen LogP contribution in [0.4, 0.5) is 5.69 Å². The SMILES string of the molecule is Nc1c([O-])cccc1C(=O)O. The summed E-state index contributed by atoms with van der Waals surface area (Å²) in [7, 11) is 0. The molecule has 0 unspecified atom stereocenters. The number of anilines is 1. The number of aromatic carboxylic acids is 1. The number of carboxylic acids is 1. The molecule has 1 aromatic rings. The highest BCUT2D eigenvalue weighted by atomic mass is 16.4. The second-order valence-electron chi connectivity index (χ2n) is 2.02. The summed E-state index contributed by atoms with van der Waals surface area (Å²) in [4.78, 5) is 10.4. The van der Waals surface area contributed by atoms with E-state index in [0.29, 0.717) is 0 Å². The van der Waals surface area contributed by atoms with Crippen LogP contribution >= 0.6 is 0 Å². The molecule has 0 radical (unpaired) electrons. The first-order valence-electron chi connectivity index (χ1n) is 2.91. The summed E-state index contributed by atoms with van der Waals surface area (Å²) in [6.45, 7) is 0. The molecule has 0 aliphatic carbocycles. The molecule has 1 aromatic carbocycles.